The molecule has 7 rings (SSSR count). The highest BCUT2D eigenvalue weighted by Crippen LogP contribution is 2.33. The summed E-state index contributed by atoms with van der Waals surface area (Å²) in [5.41, 5.74) is 4.51. The molecule has 0 aliphatic carbocycles. The third kappa shape index (κ3) is 3.43. The number of fused-ring (bicyclic) bond motifs is 4. The van der Waals surface area contributed by atoms with E-state index in [1.807, 2.05) is 54.6 Å². The van der Waals surface area contributed by atoms with Gasteiger partial charge in [0.05, 0.1) is 21.4 Å². The highest BCUT2D eigenvalue weighted by molar-refractivity contribution is 7.21. The van der Waals surface area contributed by atoms with Crippen LogP contribution in [-0.2, 0) is 0 Å². The smallest absolute Gasteiger partial charge is 0.198 e. The van der Waals surface area contributed by atoms with E-state index in [9.17, 15) is 0 Å². The predicted molar refractivity (Wildman–Crippen MR) is 142 cm³/mol. The van der Waals surface area contributed by atoms with Gasteiger partial charge in [-0.2, -0.15) is 0 Å². The first kappa shape index (κ1) is 19.9. The molecule has 0 aliphatic heterocycles. The van der Waals surface area contributed by atoms with Crippen LogP contribution in [0.5, 0.6) is 0 Å². The molecule has 0 unspecified atom stereocenters. The van der Waals surface area contributed by atoms with Crippen molar-refractivity contribution in [3.05, 3.63) is 103 Å². The second-order valence-corrected chi connectivity index (χ2v) is 9.23. The standard InChI is InChI=1S/C29H17N5S/c1-2-9-19(10-3-1)25-21-15-14-18-8-4-5-11-20(18)26(21)34-28(33-25)27-30-17-16-23(31-27)29-32-22-12-6-7-13-24(22)35-29/h1-17H. The monoisotopic (exact) mass is 467 g/mol. The van der Waals surface area contributed by atoms with Gasteiger partial charge in [0.15, 0.2) is 11.6 Å². The summed E-state index contributed by atoms with van der Waals surface area (Å²) in [6.07, 6.45) is 1.75. The maximum absolute atomic E-state index is 4.98. The van der Waals surface area contributed by atoms with E-state index < -0.39 is 0 Å². The van der Waals surface area contributed by atoms with Crippen LogP contribution in [0.25, 0.3) is 65.5 Å². The van der Waals surface area contributed by atoms with Crippen LogP contribution in [-0.4, -0.2) is 24.9 Å². The average Bonchev–Trinajstić information content (AvgIpc) is 3.37. The molecular weight excluding hydrogens is 450 g/mol. The summed E-state index contributed by atoms with van der Waals surface area (Å²) in [5, 5.41) is 4.06. The Balaban J connectivity index is 1.47. The van der Waals surface area contributed by atoms with Crippen LogP contribution in [0.4, 0.5) is 0 Å². The maximum Gasteiger partial charge on any atom is 0.198 e. The molecule has 0 fully saturated rings. The van der Waals surface area contributed by atoms with Crippen molar-refractivity contribution in [2.24, 2.45) is 0 Å². The minimum atomic E-state index is 0.480. The van der Waals surface area contributed by atoms with E-state index in [0.717, 1.165) is 53.9 Å². The van der Waals surface area contributed by atoms with Gasteiger partial charge in [-0.1, -0.05) is 72.8 Å². The number of aromatic nitrogens is 5. The molecule has 7 aromatic rings. The molecule has 6 heteroatoms. The van der Waals surface area contributed by atoms with Gasteiger partial charge < -0.3 is 0 Å². The normalized spacial score (nSPS) is 11.4. The van der Waals surface area contributed by atoms with Crippen LogP contribution >= 0.6 is 11.3 Å². The van der Waals surface area contributed by atoms with Gasteiger partial charge in [0, 0.05) is 22.5 Å². The van der Waals surface area contributed by atoms with Crippen molar-refractivity contribution in [2.75, 3.05) is 0 Å². The SMILES string of the molecule is c1ccc(-c2nc(-c3nccc(-c4nc5ccccc5s4)n3)nc3c2ccc2ccccc23)cc1. The van der Waals surface area contributed by atoms with E-state index in [2.05, 4.69) is 47.4 Å². The first-order chi connectivity index (χ1) is 17.3. The zero-order chi connectivity index (χ0) is 23.2. The number of benzene rings is 4. The van der Waals surface area contributed by atoms with Crippen LogP contribution < -0.4 is 0 Å². The number of rotatable bonds is 3. The van der Waals surface area contributed by atoms with Crippen molar-refractivity contribution in [3.8, 4) is 33.6 Å². The summed E-state index contributed by atoms with van der Waals surface area (Å²) in [4.78, 5) is 24.1. The molecule has 3 aromatic heterocycles. The molecule has 164 valence electrons. The molecule has 0 radical (unpaired) electrons. The first-order valence-electron chi connectivity index (χ1n) is 11.3. The summed E-state index contributed by atoms with van der Waals surface area (Å²) < 4.78 is 1.13. The summed E-state index contributed by atoms with van der Waals surface area (Å²) in [7, 11) is 0. The van der Waals surface area contributed by atoms with Gasteiger partial charge in [-0.3, -0.25) is 0 Å². The Bertz CT molecular complexity index is 1830. The molecule has 0 N–H and O–H groups in total. The molecule has 5 nitrogen and oxygen atoms in total. The lowest BCUT2D eigenvalue weighted by Crippen LogP contribution is -2.00. The van der Waals surface area contributed by atoms with Crippen LogP contribution in [0, 0.1) is 0 Å². The number of hydrogen-bond donors (Lipinski definition) is 0. The van der Waals surface area contributed by atoms with E-state index in [4.69, 9.17) is 19.9 Å². The van der Waals surface area contributed by atoms with Crippen LogP contribution in [0.15, 0.2) is 103 Å². The Morgan fingerprint density at radius 2 is 1.40 bits per heavy atom. The molecule has 4 aromatic carbocycles. The van der Waals surface area contributed by atoms with E-state index >= 15 is 0 Å². The van der Waals surface area contributed by atoms with Crippen molar-refractivity contribution in [2.45, 2.75) is 0 Å². The van der Waals surface area contributed by atoms with Crippen molar-refractivity contribution < 1.29 is 0 Å². The molecule has 35 heavy (non-hydrogen) atoms. The van der Waals surface area contributed by atoms with Gasteiger partial charge in [-0.05, 0) is 29.7 Å². The number of para-hydroxylation sites is 1. The number of nitrogens with zero attached hydrogens (tertiary/aromatic N) is 5. The minimum absolute atomic E-state index is 0.480. The average molecular weight is 468 g/mol. The highest BCUT2D eigenvalue weighted by atomic mass is 32.1. The van der Waals surface area contributed by atoms with Gasteiger partial charge >= 0.3 is 0 Å². The highest BCUT2D eigenvalue weighted by Gasteiger charge is 2.16. The molecule has 0 saturated heterocycles. The van der Waals surface area contributed by atoms with Gasteiger partial charge in [0.2, 0.25) is 0 Å². The maximum atomic E-state index is 4.98. The third-order valence-corrected chi connectivity index (χ3v) is 7.07. The summed E-state index contributed by atoms with van der Waals surface area (Å²) in [6, 6.07) is 32.7. The summed E-state index contributed by atoms with van der Waals surface area (Å²) in [6.45, 7) is 0. The molecule has 0 saturated carbocycles. The van der Waals surface area contributed by atoms with Gasteiger partial charge in [0.1, 0.15) is 10.7 Å². The van der Waals surface area contributed by atoms with Crippen molar-refractivity contribution in [3.63, 3.8) is 0 Å². The van der Waals surface area contributed by atoms with E-state index in [1.165, 1.54) is 0 Å². The zero-order valence-corrected chi connectivity index (χ0v) is 19.3. The fourth-order valence-electron chi connectivity index (χ4n) is 4.35. The second kappa shape index (κ2) is 8.04. The Labute approximate surface area is 204 Å². The van der Waals surface area contributed by atoms with Crippen LogP contribution in [0.1, 0.15) is 0 Å². The second-order valence-electron chi connectivity index (χ2n) is 8.20. The first-order valence-corrected chi connectivity index (χ1v) is 12.1. The molecule has 0 spiro atoms. The van der Waals surface area contributed by atoms with Gasteiger partial charge in [-0.15, -0.1) is 11.3 Å². The van der Waals surface area contributed by atoms with Crippen molar-refractivity contribution >= 4 is 43.2 Å². The molecular formula is C29H17N5S. The Morgan fingerprint density at radius 3 is 2.31 bits per heavy atom. The quantitative estimate of drug-likeness (QED) is 0.257. The Morgan fingerprint density at radius 1 is 0.571 bits per heavy atom. The van der Waals surface area contributed by atoms with E-state index in [0.29, 0.717) is 11.6 Å². The molecule has 0 aliphatic rings. The summed E-state index contributed by atoms with van der Waals surface area (Å²) in [5.74, 6) is 0.976. The van der Waals surface area contributed by atoms with E-state index in [1.54, 1.807) is 17.5 Å². The lowest BCUT2D eigenvalue weighted by Gasteiger charge is -2.11. The Hall–Kier alpha value is -4.55. The lowest BCUT2D eigenvalue weighted by molar-refractivity contribution is 1.10. The number of thiazole rings is 1. The van der Waals surface area contributed by atoms with E-state index in [-0.39, 0.29) is 0 Å². The fraction of sp³-hybridized carbons (Fsp3) is 0. The van der Waals surface area contributed by atoms with Crippen molar-refractivity contribution in [1.29, 1.82) is 0 Å². The number of hydrogen-bond acceptors (Lipinski definition) is 6. The van der Waals surface area contributed by atoms with Crippen LogP contribution in [0.2, 0.25) is 0 Å². The molecule has 0 bridgehead atoms. The lowest BCUT2D eigenvalue weighted by atomic mass is 10.0. The molecule has 3 heterocycles. The zero-order valence-electron chi connectivity index (χ0n) is 18.5. The minimum Gasteiger partial charge on any atom is -0.234 e. The molecule has 0 amide bonds. The predicted octanol–water partition coefficient (Wildman–Crippen LogP) is 7.18. The third-order valence-electron chi connectivity index (χ3n) is 6.01. The van der Waals surface area contributed by atoms with Gasteiger partial charge in [0.25, 0.3) is 0 Å². The molecule has 0 atom stereocenters. The fourth-order valence-corrected chi connectivity index (χ4v) is 5.28. The van der Waals surface area contributed by atoms with Crippen LogP contribution in [0.3, 0.4) is 0 Å². The van der Waals surface area contributed by atoms with Crippen molar-refractivity contribution in [1.82, 2.24) is 24.9 Å². The largest absolute Gasteiger partial charge is 0.234 e. The summed E-state index contributed by atoms with van der Waals surface area (Å²) >= 11 is 1.62. The van der Waals surface area contributed by atoms with Gasteiger partial charge in [-0.25, -0.2) is 24.9 Å². The Kier molecular flexibility index (Phi) is 4.57. The topological polar surface area (TPSA) is 64.5 Å².